The number of esters is 1. The molecule has 0 amide bonds. The molecule has 0 saturated heterocycles. The van der Waals surface area contributed by atoms with Crippen molar-refractivity contribution < 1.29 is 14.6 Å². The van der Waals surface area contributed by atoms with Crippen molar-refractivity contribution >= 4 is 17.3 Å². The van der Waals surface area contributed by atoms with E-state index < -0.39 is 12.1 Å². The van der Waals surface area contributed by atoms with Crippen LogP contribution in [0.15, 0.2) is 17.5 Å². The van der Waals surface area contributed by atoms with E-state index in [1.807, 2.05) is 12.3 Å². The molecule has 4 heteroatoms. The first-order valence-corrected chi connectivity index (χ1v) is 5.51. The monoisotopic (exact) mass is 214 g/mol. The molecule has 1 aromatic heterocycles. The highest BCUT2D eigenvalue weighted by Crippen LogP contribution is 2.19. The van der Waals surface area contributed by atoms with E-state index in [1.165, 1.54) is 11.3 Å². The minimum atomic E-state index is -1.12. The van der Waals surface area contributed by atoms with Gasteiger partial charge in [0.2, 0.25) is 0 Å². The molecule has 14 heavy (non-hydrogen) atoms. The Hall–Kier alpha value is -0.870. The summed E-state index contributed by atoms with van der Waals surface area (Å²) in [5.74, 6) is -0.555. The Balaban J connectivity index is 2.37. The number of aliphatic hydroxyl groups is 1. The largest absolute Gasteiger partial charge is 0.463 e. The topological polar surface area (TPSA) is 46.5 Å². The van der Waals surface area contributed by atoms with Gasteiger partial charge in [-0.05, 0) is 17.9 Å². The van der Waals surface area contributed by atoms with Gasteiger partial charge in [-0.25, -0.2) is 4.79 Å². The molecule has 0 unspecified atom stereocenters. The van der Waals surface area contributed by atoms with Gasteiger partial charge in [-0.3, -0.25) is 0 Å². The molecule has 1 aromatic rings. The number of unbranched alkanes of at least 4 members (excludes halogenated alkanes) is 1. The molecule has 1 rings (SSSR count). The average molecular weight is 214 g/mol. The van der Waals surface area contributed by atoms with Crippen molar-refractivity contribution in [2.75, 3.05) is 6.61 Å². The maximum Gasteiger partial charge on any atom is 0.340 e. The van der Waals surface area contributed by atoms with Crippen LogP contribution < -0.4 is 0 Å². The van der Waals surface area contributed by atoms with Crippen molar-refractivity contribution in [2.24, 2.45) is 0 Å². The molecule has 0 aliphatic heterocycles. The normalized spacial score (nSPS) is 12.4. The number of thiophene rings is 1. The molecule has 3 nitrogen and oxygen atoms in total. The standard InChI is InChI=1S/C10H14O3S/c1-2-3-6-13-10(12)9(11)8-5-4-7-14-8/h4-5,7,9,11H,2-3,6H2,1H3/t9-/m0/s1. The number of hydrogen-bond donors (Lipinski definition) is 1. The van der Waals surface area contributed by atoms with E-state index in [0.29, 0.717) is 11.5 Å². The van der Waals surface area contributed by atoms with Crippen LogP contribution in [0.5, 0.6) is 0 Å². The molecule has 1 N–H and O–H groups in total. The second-order valence-electron chi connectivity index (χ2n) is 2.94. The van der Waals surface area contributed by atoms with Crippen LogP contribution in [0.4, 0.5) is 0 Å². The molecule has 0 spiro atoms. The van der Waals surface area contributed by atoms with Crippen LogP contribution in [0.1, 0.15) is 30.7 Å². The van der Waals surface area contributed by atoms with Crippen LogP contribution in [0.3, 0.4) is 0 Å². The average Bonchev–Trinajstić information content (AvgIpc) is 2.69. The lowest BCUT2D eigenvalue weighted by atomic mass is 10.3. The zero-order valence-electron chi connectivity index (χ0n) is 8.10. The SMILES string of the molecule is CCCCOC(=O)[C@@H](O)c1cccs1. The number of hydrogen-bond acceptors (Lipinski definition) is 4. The van der Waals surface area contributed by atoms with Gasteiger partial charge in [0, 0.05) is 4.88 Å². The molecular formula is C10H14O3S. The van der Waals surface area contributed by atoms with Crippen molar-refractivity contribution in [3.63, 3.8) is 0 Å². The molecule has 0 bridgehead atoms. The fourth-order valence-electron chi connectivity index (χ4n) is 0.959. The van der Waals surface area contributed by atoms with E-state index in [4.69, 9.17) is 4.74 Å². The second kappa shape index (κ2) is 5.78. The highest BCUT2D eigenvalue weighted by Gasteiger charge is 2.19. The Bertz CT molecular complexity index is 269. The number of aliphatic hydroxyl groups excluding tert-OH is 1. The van der Waals surface area contributed by atoms with Crippen LogP contribution in [0.2, 0.25) is 0 Å². The van der Waals surface area contributed by atoms with Crippen molar-refractivity contribution in [1.29, 1.82) is 0 Å². The third-order valence-corrected chi connectivity index (χ3v) is 2.70. The lowest BCUT2D eigenvalue weighted by molar-refractivity contribution is -0.153. The van der Waals surface area contributed by atoms with Gasteiger partial charge in [0.25, 0.3) is 0 Å². The highest BCUT2D eigenvalue weighted by atomic mass is 32.1. The van der Waals surface area contributed by atoms with Crippen LogP contribution in [-0.2, 0) is 9.53 Å². The zero-order valence-corrected chi connectivity index (χ0v) is 8.92. The summed E-state index contributed by atoms with van der Waals surface area (Å²) in [5, 5.41) is 11.3. The van der Waals surface area contributed by atoms with Gasteiger partial charge >= 0.3 is 5.97 Å². The summed E-state index contributed by atoms with van der Waals surface area (Å²) in [6.07, 6.45) is 0.692. The van der Waals surface area contributed by atoms with E-state index in [-0.39, 0.29) is 0 Å². The van der Waals surface area contributed by atoms with Crippen molar-refractivity contribution in [2.45, 2.75) is 25.9 Å². The fraction of sp³-hybridized carbons (Fsp3) is 0.500. The summed E-state index contributed by atoms with van der Waals surface area (Å²) < 4.78 is 4.89. The second-order valence-corrected chi connectivity index (χ2v) is 3.92. The number of ether oxygens (including phenoxy) is 1. The summed E-state index contributed by atoms with van der Waals surface area (Å²) >= 11 is 1.35. The molecule has 0 aliphatic carbocycles. The number of rotatable bonds is 5. The maximum atomic E-state index is 11.3. The van der Waals surface area contributed by atoms with Crippen molar-refractivity contribution in [3.8, 4) is 0 Å². The summed E-state index contributed by atoms with van der Waals surface area (Å²) in [6, 6.07) is 3.51. The first-order valence-electron chi connectivity index (χ1n) is 4.63. The molecule has 1 atom stereocenters. The van der Waals surface area contributed by atoms with Gasteiger partial charge in [-0.1, -0.05) is 19.4 Å². The number of carbonyl (C=O) groups excluding carboxylic acids is 1. The van der Waals surface area contributed by atoms with Crippen LogP contribution >= 0.6 is 11.3 Å². The van der Waals surface area contributed by atoms with Crippen molar-refractivity contribution in [1.82, 2.24) is 0 Å². The lowest BCUT2D eigenvalue weighted by Crippen LogP contribution is -2.15. The van der Waals surface area contributed by atoms with Crippen LogP contribution in [0.25, 0.3) is 0 Å². The first-order chi connectivity index (χ1) is 6.75. The van der Waals surface area contributed by atoms with E-state index >= 15 is 0 Å². The van der Waals surface area contributed by atoms with Crippen molar-refractivity contribution in [3.05, 3.63) is 22.4 Å². The third kappa shape index (κ3) is 3.12. The summed E-state index contributed by atoms with van der Waals surface area (Å²) in [6.45, 7) is 2.40. The minimum absolute atomic E-state index is 0.387. The predicted molar refractivity (Wildman–Crippen MR) is 55.1 cm³/mol. The Morgan fingerprint density at radius 3 is 3.07 bits per heavy atom. The molecule has 0 aromatic carbocycles. The van der Waals surface area contributed by atoms with Gasteiger partial charge in [0.15, 0.2) is 6.10 Å². The van der Waals surface area contributed by atoms with Gasteiger partial charge in [-0.15, -0.1) is 11.3 Å². The smallest absolute Gasteiger partial charge is 0.340 e. The molecule has 0 saturated carbocycles. The Kier molecular flexibility index (Phi) is 4.62. The lowest BCUT2D eigenvalue weighted by Gasteiger charge is -2.08. The highest BCUT2D eigenvalue weighted by molar-refractivity contribution is 7.10. The Labute approximate surface area is 87.3 Å². The first kappa shape index (κ1) is 11.2. The van der Waals surface area contributed by atoms with Gasteiger partial charge in [0.1, 0.15) is 0 Å². The molecule has 0 radical (unpaired) electrons. The molecule has 0 fully saturated rings. The zero-order chi connectivity index (χ0) is 10.4. The summed E-state index contributed by atoms with van der Waals surface area (Å²) in [5.41, 5.74) is 0. The Morgan fingerprint density at radius 1 is 1.71 bits per heavy atom. The molecule has 78 valence electrons. The van der Waals surface area contributed by atoms with Gasteiger partial charge < -0.3 is 9.84 Å². The fourth-order valence-corrected chi connectivity index (χ4v) is 1.66. The van der Waals surface area contributed by atoms with Gasteiger partial charge in [0.05, 0.1) is 6.61 Å². The van der Waals surface area contributed by atoms with Gasteiger partial charge in [-0.2, -0.15) is 0 Å². The molecule has 0 aliphatic rings. The Morgan fingerprint density at radius 2 is 2.50 bits per heavy atom. The van der Waals surface area contributed by atoms with Crippen LogP contribution in [-0.4, -0.2) is 17.7 Å². The number of carbonyl (C=O) groups is 1. The van der Waals surface area contributed by atoms with E-state index in [2.05, 4.69) is 0 Å². The quantitative estimate of drug-likeness (QED) is 0.603. The van der Waals surface area contributed by atoms with Crippen LogP contribution in [0, 0.1) is 0 Å². The minimum Gasteiger partial charge on any atom is -0.463 e. The third-order valence-electron chi connectivity index (χ3n) is 1.78. The molecule has 1 heterocycles. The molecular weight excluding hydrogens is 200 g/mol. The van der Waals surface area contributed by atoms with E-state index in [9.17, 15) is 9.90 Å². The summed E-state index contributed by atoms with van der Waals surface area (Å²) in [4.78, 5) is 11.9. The van der Waals surface area contributed by atoms with E-state index in [0.717, 1.165) is 12.8 Å². The summed E-state index contributed by atoms with van der Waals surface area (Å²) in [7, 11) is 0. The maximum absolute atomic E-state index is 11.3. The van der Waals surface area contributed by atoms with E-state index in [1.54, 1.807) is 12.1 Å². The predicted octanol–water partition coefficient (Wildman–Crippen LogP) is 2.12.